The van der Waals surface area contributed by atoms with E-state index in [9.17, 15) is 13.5 Å². The number of aliphatic hydroxyl groups is 1. The molecule has 19 heavy (non-hydrogen) atoms. The highest BCUT2D eigenvalue weighted by atomic mass is 35.5. The van der Waals surface area contributed by atoms with Crippen molar-refractivity contribution >= 4 is 21.4 Å². The van der Waals surface area contributed by atoms with E-state index in [1.165, 1.54) is 7.11 Å². The highest BCUT2D eigenvalue weighted by Crippen LogP contribution is 2.24. The summed E-state index contributed by atoms with van der Waals surface area (Å²) in [5, 5.41) is 9.93. The summed E-state index contributed by atoms with van der Waals surface area (Å²) < 4.78 is 28.9. The number of methoxy groups -OCH3 is 1. The lowest BCUT2D eigenvalue weighted by Crippen LogP contribution is -2.24. The molecule has 0 aromatic heterocycles. The van der Waals surface area contributed by atoms with E-state index in [2.05, 4.69) is 0 Å². The topological polar surface area (TPSA) is 63.6 Å². The van der Waals surface area contributed by atoms with Crippen molar-refractivity contribution in [2.24, 2.45) is 0 Å². The third-order valence-corrected chi connectivity index (χ3v) is 4.59. The summed E-state index contributed by atoms with van der Waals surface area (Å²) in [5.74, 6) is 0.382. The van der Waals surface area contributed by atoms with E-state index < -0.39 is 15.4 Å². The lowest BCUT2D eigenvalue weighted by molar-refractivity contribution is 0.0772. The Labute approximate surface area is 119 Å². The average Bonchev–Trinajstić information content (AvgIpc) is 2.28. The number of benzene rings is 1. The molecule has 0 bridgehead atoms. The van der Waals surface area contributed by atoms with E-state index in [1.807, 2.05) is 0 Å². The fourth-order valence-corrected chi connectivity index (χ4v) is 3.48. The van der Waals surface area contributed by atoms with Gasteiger partial charge in [-0.05, 0) is 38.0 Å². The maximum absolute atomic E-state index is 12.0. The van der Waals surface area contributed by atoms with Crippen molar-refractivity contribution in [3.05, 3.63) is 28.8 Å². The van der Waals surface area contributed by atoms with Crippen LogP contribution in [0.15, 0.2) is 18.2 Å². The van der Waals surface area contributed by atoms with Crippen molar-refractivity contribution in [1.29, 1.82) is 0 Å². The van der Waals surface area contributed by atoms with Crippen LogP contribution in [0.25, 0.3) is 0 Å². The normalized spacial score (nSPS) is 12.5. The molecule has 0 saturated heterocycles. The first-order chi connectivity index (χ1) is 8.63. The van der Waals surface area contributed by atoms with Crippen LogP contribution in [0, 0.1) is 0 Å². The predicted molar refractivity (Wildman–Crippen MR) is 76.4 cm³/mol. The Morgan fingerprint density at radius 3 is 2.47 bits per heavy atom. The summed E-state index contributed by atoms with van der Waals surface area (Å²) >= 11 is 6.01. The van der Waals surface area contributed by atoms with Gasteiger partial charge in [-0.25, -0.2) is 8.42 Å². The zero-order chi connectivity index (χ0) is 14.7. The van der Waals surface area contributed by atoms with E-state index in [0.29, 0.717) is 16.3 Å². The number of hydrogen-bond donors (Lipinski definition) is 1. The molecular formula is C13H19ClO4S. The molecular weight excluding hydrogens is 288 g/mol. The van der Waals surface area contributed by atoms with Crippen LogP contribution in [-0.4, -0.2) is 32.0 Å². The van der Waals surface area contributed by atoms with Gasteiger partial charge >= 0.3 is 0 Å². The van der Waals surface area contributed by atoms with Crippen LogP contribution < -0.4 is 4.74 Å². The van der Waals surface area contributed by atoms with Gasteiger partial charge in [0.05, 0.1) is 24.2 Å². The number of rotatable bonds is 6. The van der Waals surface area contributed by atoms with Crippen LogP contribution in [0.4, 0.5) is 0 Å². The molecule has 0 aliphatic heterocycles. The molecule has 1 rings (SSSR count). The van der Waals surface area contributed by atoms with Crippen LogP contribution >= 0.6 is 11.6 Å². The van der Waals surface area contributed by atoms with E-state index in [-0.39, 0.29) is 17.9 Å². The number of ether oxygens (including phenoxy) is 1. The molecule has 4 nitrogen and oxygen atoms in total. The van der Waals surface area contributed by atoms with Crippen LogP contribution in [0.2, 0.25) is 5.02 Å². The summed E-state index contributed by atoms with van der Waals surface area (Å²) in [6.07, 6.45) is 0.198. The first kappa shape index (κ1) is 16.3. The van der Waals surface area contributed by atoms with Gasteiger partial charge in [0.15, 0.2) is 9.84 Å². The highest BCUT2D eigenvalue weighted by molar-refractivity contribution is 7.90. The van der Waals surface area contributed by atoms with Gasteiger partial charge in [0.2, 0.25) is 0 Å². The molecule has 1 aromatic rings. The van der Waals surface area contributed by atoms with Gasteiger partial charge in [0.1, 0.15) is 5.75 Å². The fraction of sp³-hybridized carbons (Fsp3) is 0.538. The molecule has 0 aliphatic carbocycles. The van der Waals surface area contributed by atoms with Crippen molar-refractivity contribution < 1.29 is 18.3 Å². The molecule has 108 valence electrons. The molecule has 0 atom stereocenters. The summed E-state index contributed by atoms with van der Waals surface area (Å²) in [6.45, 7) is 3.17. The standard InChI is InChI=1S/C13H19ClO4S/c1-13(2,15)6-7-19(16,17)9-10-4-5-11(18-3)8-12(10)14/h4-5,8,15H,6-7,9H2,1-3H3. The Morgan fingerprint density at radius 2 is 2.00 bits per heavy atom. The van der Waals surface area contributed by atoms with Gasteiger partial charge < -0.3 is 9.84 Å². The summed E-state index contributed by atoms with van der Waals surface area (Å²) in [6, 6.07) is 4.90. The van der Waals surface area contributed by atoms with E-state index >= 15 is 0 Å². The lowest BCUT2D eigenvalue weighted by Gasteiger charge is -2.16. The van der Waals surface area contributed by atoms with Gasteiger partial charge in [0.25, 0.3) is 0 Å². The summed E-state index contributed by atoms with van der Waals surface area (Å²) in [5.41, 5.74) is -0.449. The molecule has 0 amide bonds. The van der Waals surface area contributed by atoms with E-state index in [0.717, 1.165) is 0 Å². The minimum atomic E-state index is -3.30. The number of hydrogen-bond acceptors (Lipinski definition) is 4. The zero-order valence-electron chi connectivity index (χ0n) is 11.3. The van der Waals surface area contributed by atoms with Crippen molar-refractivity contribution in [3.8, 4) is 5.75 Å². The molecule has 0 spiro atoms. The third-order valence-electron chi connectivity index (χ3n) is 2.66. The predicted octanol–water partition coefficient (Wildman–Crippen LogP) is 2.42. The van der Waals surface area contributed by atoms with Crippen molar-refractivity contribution in [1.82, 2.24) is 0 Å². The molecule has 0 radical (unpaired) electrons. The van der Waals surface area contributed by atoms with E-state index in [1.54, 1.807) is 32.0 Å². The molecule has 1 aromatic carbocycles. The highest BCUT2D eigenvalue weighted by Gasteiger charge is 2.20. The summed E-state index contributed by atoms with van der Waals surface area (Å²) in [7, 11) is -1.78. The Bertz CT molecular complexity index is 532. The molecule has 0 saturated carbocycles. The molecule has 0 heterocycles. The molecule has 0 aliphatic rings. The van der Waals surface area contributed by atoms with Crippen molar-refractivity contribution in [2.45, 2.75) is 31.6 Å². The Hall–Kier alpha value is -0.780. The maximum atomic E-state index is 12.0. The minimum Gasteiger partial charge on any atom is -0.497 e. The van der Waals surface area contributed by atoms with Crippen LogP contribution in [0.3, 0.4) is 0 Å². The second-order valence-electron chi connectivity index (χ2n) is 5.11. The van der Waals surface area contributed by atoms with Crippen LogP contribution in [0.1, 0.15) is 25.8 Å². The minimum absolute atomic E-state index is 0.0706. The Kier molecular flexibility index (Phi) is 5.24. The smallest absolute Gasteiger partial charge is 0.154 e. The Balaban J connectivity index is 2.78. The molecule has 1 N–H and O–H groups in total. The quantitative estimate of drug-likeness (QED) is 0.876. The lowest BCUT2D eigenvalue weighted by atomic mass is 10.1. The molecule has 0 fully saturated rings. The number of sulfone groups is 1. The van der Waals surface area contributed by atoms with Gasteiger partial charge in [0, 0.05) is 5.02 Å². The zero-order valence-corrected chi connectivity index (χ0v) is 12.9. The largest absolute Gasteiger partial charge is 0.497 e. The summed E-state index contributed by atoms with van der Waals surface area (Å²) in [4.78, 5) is 0. The number of halogens is 1. The van der Waals surface area contributed by atoms with Crippen molar-refractivity contribution in [3.63, 3.8) is 0 Å². The molecule has 0 unspecified atom stereocenters. The maximum Gasteiger partial charge on any atom is 0.154 e. The third kappa shape index (κ3) is 5.80. The first-order valence-electron chi connectivity index (χ1n) is 5.88. The average molecular weight is 307 g/mol. The van der Waals surface area contributed by atoms with Gasteiger partial charge in [-0.2, -0.15) is 0 Å². The van der Waals surface area contributed by atoms with Crippen LogP contribution in [-0.2, 0) is 15.6 Å². The van der Waals surface area contributed by atoms with Gasteiger partial charge in [-0.15, -0.1) is 0 Å². The van der Waals surface area contributed by atoms with Crippen LogP contribution in [0.5, 0.6) is 5.75 Å². The fourth-order valence-electron chi connectivity index (χ4n) is 1.49. The SMILES string of the molecule is COc1ccc(CS(=O)(=O)CCC(C)(C)O)c(Cl)c1. The second-order valence-corrected chi connectivity index (χ2v) is 7.70. The molecule has 6 heteroatoms. The van der Waals surface area contributed by atoms with Crippen molar-refractivity contribution in [2.75, 3.05) is 12.9 Å². The second kappa shape index (κ2) is 6.11. The Morgan fingerprint density at radius 1 is 1.37 bits per heavy atom. The first-order valence-corrected chi connectivity index (χ1v) is 8.08. The van der Waals surface area contributed by atoms with E-state index in [4.69, 9.17) is 16.3 Å². The van der Waals surface area contributed by atoms with Gasteiger partial charge in [-0.3, -0.25) is 0 Å². The van der Waals surface area contributed by atoms with Gasteiger partial charge in [-0.1, -0.05) is 17.7 Å². The monoisotopic (exact) mass is 306 g/mol.